The molecule has 1 rings (SSSR count). The van der Waals surface area contributed by atoms with Gasteiger partial charge in [-0.2, -0.15) is 5.26 Å². The molecule has 0 bridgehead atoms. The van der Waals surface area contributed by atoms with Crippen molar-refractivity contribution < 1.29 is 9.53 Å². The number of hydrogen-bond donors (Lipinski definition) is 1. The Hall–Kier alpha value is -1.08. The highest BCUT2D eigenvalue weighted by Crippen LogP contribution is 2.17. The summed E-state index contributed by atoms with van der Waals surface area (Å²) in [6.07, 6.45) is 0.877. The van der Waals surface area contributed by atoms with Crippen LogP contribution in [0.1, 0.15) is 27.2 Å². The first kappa shape index (κ1) is 11.0. The molecule has 2 atom stereocenters. The molecule has 14 heavy (non-hydrogen) atoms. The van der Waals surface area contributed by atoms with Gasteiger partial charge in [0.15, 0.2) is 0 Å². The van der Waals surface area contributed by atoms with E-state index in [1.807, 2.05) is 13.0 Å². The van der Waals surface area contributed by atoms with Crippen LogP contribution in [0.2, 0.25) is 0 Å². The van der Waals surface area contributed by atoms with Crippen LogP contribution < -0.4 is 5.32 Å². The number of nitrogens with zero attached hydrogens (tertiary/aromatic N) is 1. The van der Waals surface area contributed by atoms with E-state index in [4.69, 9.17) is 10.00 Å². The molecule has 1 aliphatic heterocycles. The van der Waals surface area contributed by atoms with Crippen molar-refractivity contribution in [3.63, 3.8) is 0 Å². The lowest BCUT2D eigenvalue weighted by Crippen LogP contribution is -2.45. The van der Waals surface area contributed by atoms with Gasteiger partial charge in [-0.25, -0.2) is 0 Å². The van der Waals surface area contributed by atoms with Crippen molar-refractivity contribution in [1.82, 2.24) is 5.32 Å². The van der Waals surface area contributed by atoms with Gasteiger partial charge < -0.3 is 10.1 Å². The van der Waals surface area contributed by atoms with E-state index in [1.165, 1.54) is 0 Å². The minimum atomic E-state index is -0.956. The van der Waals surface area contributed by atoms with E-state index in [1.54, 1.807) is 13.8 Å². The molecular formula is C10H16N2O2. The van der Waals surface area contributed by atoms with Crippen LogP contribution >= 0.6 is 0 Å². The molecule has 0 radical (unpaired) electrons. The highest BCUT2D eigenvalue weighted by molar-refractivity contribution is 5.84. The molecule has 0 aromatic rings. The fourth-order valence-electron chi connectivity index (χ4n) is 1.32. The van der Waals surface area contributed by atoms with E-state index in [9.17, 15) is 4.79 Å². The van der Waals surface area contributed by atoms with Gasteiger partial charge in [0.1, 0.15) is 5.41 Å². The predicted molar refractivity (Wildman–Crippen MR) is 51.4 cm³/mol. The first-order valence-corrected chi connectivity index (χ1v) is 4.81. The van der Waals surface area contributed by atoms with Gasteiger partial charge in [-0.1, -0.05) is 0 Å². The van der Waals surface area contributed by atoms with Gasteiger partial charge in [0.2, 0.25) is 5.91 Å². The first-order chi connectivity index (χ1) is 6.47. The molecule has 0 saturated carbocycles. The number of carbonyl (C=O) groups is 1. The largest absolute Gasteiger partial charge is 0.376 e. The molecule has 1 heterocycles. The summed E-state index contributed by atoms with van der Waals surface area (Å²) in [5.74, 6) is -0.220. The zero-order chi connectivity index (χ0) is 10.8. The van der Waals surface area contributed by atoms with Crippen molar-refractivity contribution in [3.05, 3.63) is 0 Å². The van der Waals surface area contributed by atoms with Gasteiger partial charge >= 0.3 is 0 Å². The zero-order valence-corrected chi connectivity index (χ0v) is 8.83. The van der Waals surface area contributed by atoms with Crippen molar-refractivity contribution in [2.45, 2.75) is 39.3 Å². The van der Waals surface area contributed by atoms with E-state index in [0.29, 0.717) is 6.61 Å². The lowest BCUT2D eigenvalue weighted by molar-refractivity contribution is -0.127. The maximum Gasteiger partial charge on any atom is 0.240 e. The van der Waals surface area contributed by atoms with Crippen LogP contribution in [0, 0.1) is 16.7 Å². The molecule has 0 aromatic carbocycles. The van der Waals surface area contributed by atoms with Crippen LogP contribution in [0.4, 0.5) is 0 Å². The molecule has 1 fully saturated rings. The monoisotopic (exact) mass is 196 g/mol. The second-order valence-corrected chi connectivity index (χ2v) is 4.18. The van der Waals surface area contributed by atoms with Crippen molar-refractivity contribution in [2.24, 2.45) is 5.41 Å². The number of amides is 1. The Morgan fingerprint density at radius 1 is 1.64 bits per heavy atom. The van der Waals surface area contributed by atoms with Crippen molar-refractivity contribution in [1.29, 1.82) is 5.26 Å². The number of nitriles is 1. The van der Waals surface area contributed by atoms with Gasteiger partial charge in [-0.3, -0.25) is 4.79 Å². The minimum Gasteiger partial charge on any atom is -0.376 e. The van der Waals surface area contributed by atoms with Crippen molar-refractivity contribution in [2.75, 3.05) is 6.61 Å². The molecular weight excluding hydrogens is 180 g/mol. The fourth-order valence-corrected chi connectivity index (χ4v) is 1.32. The third-order valence-corrected chi connectivity index (χ3v) is 2.54. The number of hydrogen-bond acceptors (Lipinski definition) is 3. The zero-order valence-electron chi connectivity index (χ0n) is 8.83. The van der Waals surface area contributed by atoms with E-state index in [2.05, 4.69) is 5.32 Å². The van der Waals surface area contributed by atoms with E-state index in [-0.39, 0.29) is 18.1 Å². The summed E-state index contributed by atoms with van der Waals surface area (Å²) < 4.78 is 5.31. The summed E-state index contributed by atoms with van der Waals surface area (Å²) in [6, 6.07) is 2.03. The predicted octanol–water partition coefficient (Wildman–Crippen LogP) is 0.830. The van der Waals surface area contributed by atoms with Crippen molar-refractivity contribution >= 4 is 5.91 Å². The third-order valence-electron chi connectivity index (χ3n) is 2.54. The topological polar surface area (TPSA) is 62.1 Å². The Morgan fingerprint density at radius 3 is 2.71 bits per heavy atom. The average molecular weight is 196 g/mol. The molecule has 4 nitrogen and oxygen atoms in total. The number of ether oxygens (including phenoxy) is 1. The van der Waals surface area contributed by atoms with E-state index in [0.717, 1.165) is 6.42 Å². The summed E-state index contributed by atoms with van der Waals surface area (Å²) in [6.45, 7) is 5.84. The second-order valence-electron chi connectivity index (χ2n) is 4.18. The molecule has 1 N–H and O–H groups in total. The molecule has 1 amide bonds. The number of carbonyl (C=O) groups excluding carboxylic acids is 1. The Balaban J connectivity index is 2.53. The highest BCUT2D eigenvalue weighted by Gasteiger charge is 2.32. The Labute approximate surface area is 84.2 Å². The average Bonchev–Trinajstić information content (AvgIpc) is 2.52. The van der Waals surface area contributed by atoms with Crippen LogP contribution in [-0.4, -0.2) is 24.7 Å². The minimum absolute atomic E-state index is 0.0495. The third kappa shape index (κ3) is 2.24. The lowest BCUT2D eigenvalue weighted by Gasteiger charge is -2.21. The SMILES string of the molecule is CC1OCCC1NC(=O)C(C)(C)C#N. The van der Waals surface area contributed by atoms with Crippen LogP contribution in [0.3, 0.4) is 0 Å². The first-order valence-electron chi connectivity index (χ1n) is 4.81. The molecule has 78 valence electrons. The standard InChI is InChI=1S/C10H16N2O2/c1-7-8(4-5-14-7)12-9(13)10(2,3)6-11/h7-8H,4-5H2,1-3H3,(H,12,13). The Kier molecular flexibility index (Phi) is 3.12. The van der Waals surface area contributed by atoms with Crippen LogP contribution in [0.5, 0.6) is 0 Å². The van der Waals surface area contributed by atoms with Gasteiger partial charge in [0.05, 0.1) is 18.2 Å². The maximum absolute atomic E-state index is 11.6. The molecule has 0 aromatic heterocycles. The van der Waals surface area contributed by atoms with Gasteiger partial charge in [-0.05, 0) is 27.2 Å². The van der Waals surface area contributed by atoms with E-state index < -0.39 is 5.41 Å². The maximum atomic E-state index is 11.6. The summed E-state index contributed by atoms with van der Waals surface area (Å²) in [4.78, 5) is 11.6. The summed E-state index contributed by atoms with van der Waals surface area (Å²) in [7, 11) is 0. The molecule has 1 saturated heterocycles. The fraction of sp³-hybridized carbons (Fsp3) is 0.800. The summed E-state index contributed by atoms with van der Waals surface area (Å²) in [5.41, 5.74) is -0.956. The van der Waals surface area contributed by atoms with Crippen molar-refractivity contribution in [3.8, 4) is 6.07 Å². The molecule has 4 heteroatoms. The Morgan fingerprint density at radius 2 is 2.29 bits per heavy atom. The highest BCUT2D eigenvalue weighted by atomic mass is 16.5. The number of rotatable bonds is 2. The lowest BCUT2D eigenvalue weighted by atomic mass is 9.94. The molecule has 0 spiro atoms. The molecule has 0 aliphatic carbocycles. The molecule has 2 unspecified atom stereocenters. The Bertz CT molecular complexity index is 268. The normalized spacial score (nSPS) is 27.0. The van der Waals surface area contributed by atoms with E-state index >= 15 is 0 Å². The second kappa shape index (κ2) is 3.97. The van der Waals surface area contributed by atoms with Crippen LogP contribution in [-0.2, 0) is 9.53 Å². The van der Waals surface area contributed by atoms with Crippen LogP contribution in [0.25, 0.3) is 0 Å². The molecule has 1 aliphatic rings. The smallest absolute Gasteiger partial charge is 0.240 e. The summed E-state index contributed by atoms with van der Waals surface area (Å²) in [5, 5.41) is 11.6. The quantitative estimate of drug-likeness (QED) is 0.711. The summed E-state index contributed by atoms with van der Waals surface area (Å²) >= 11 is 0. The van der Waals surface area contributed by atoms with Gasteiger partial charge in [-0.15, -0.1) is 0 Å². The van der Waals surface area contributed by atoms with Crippen LogP contribution in [0.15, 0.2) is 0 Å². The number of nitrogens with one attached hydrogen (secondary N) is 1. The van der Waals surface area contributed by atoms with Gasteiger partial charge in [0.25, 0.3) is 0 Å². The van der Waals surface area contributed by atoms with Gasteiger partial charge in [0, 0.05) is 6.61 Å².